The third kappa shape index (κ3) is 4.05. The first-order chi connectivity index (χ1) is 8.04. The van der Waals surface area contributed by atoms with Gasteiger partial charge in [-0.05, 0) is 41.0 Å². The lowest BCUT2D eigenvalue weighted by Crippen LogP contribution is -2.59. The highest BCUT2D eigenvalue weighted by Crippen LogP contribution is 2.30. The van der Waals surface area contributed by atoms with E-state index in [0.29, 0.717) is 6.42 Å². The molecule has 0 heterocycles. The van der Waals surface area contributed by atoms with Gasteiger partial charge < -0.3 is 15.7 Å². The van der Waals surface area contributed by atoms with Crippen molar-refractivity contribution in [2.75, 3.05) is 0 Å². The van der Waals surface area contributed by atoms with Crippen LogP contribution in [0.4, 0.5) is 4.79 Å². The number of rotatable bonds is 6. The van der Waals surface area contributed by atoms with Gasteiger partial charge in [-0.1, -0.05) is 6.08 Å². The lowest BCUT2D eigenvalue weighted by molar-refractivity contribution is -0.150. The smallest absolute Gasteiger partial charge is 0.315 e. The normalized spacial score (nSPS) is 13.6. The second-order valence-corrected chi connectivity index (χ2v) is 5.58. The summed E-state index contributed by atoms with van der Waals surface area (Å²) in [6.45, 7) is 12.0. The molecule has 0 fully saturated rings. The Morgan fingerprint density at radius 3 is 2.22 bits per heavy atom. The first-order valence-corrected chi connectivity index (χ1v) is 5.97. The molecule has 3 N–H and O–H groups in total. The molecule has 0 aromatic carbocycles. The van der Waals surface area contributed by atoms with Crippen molar-refractivity contribution >= 4 is 12.0 Å². The third-order valence-electron chi connectivity index (χ3n) is 3.42. The Morgan fingerprint density at radius 1 is 1.33 bits per heavy atom. The molecule has 0 aromatic rings. The van der Waals surface area contributed by atoms with Gasteiger partial charge in [-0.3, -0.25) is 4.79 Å². The van der Waals surface area contributed by atoms with Crippen LogP contribution in [-0.2, 0) is 4.79 Å². The van der Waals surface area contributed by atoms with Gasteiger partial charge in [0, 0.05) is 6.04 Å². The molecule has 0 radical (unpaired) electrons. The van der Waals surface area contributed by atoms with Crippen molar-refractivity contribution in [2.45, 2.75) is 52.6 Å². The van der Waals surface area contributed by atoms with E-state index in [2.05, 4.69) is 17.2 Å². The molecule has 0 aliphatic carbocycles. The van der Waals surface area contributed by atoms with Crippen molar-refractivity contribution in [1.29, 1.82) is 0 Å². The van der Waals surface area contributed by atoms with Gasteiger partial charge in [-0.25, -0.2) is 4.79 Å². The fraction of sp³-hybridized carbons (Fsp3) is 0.692. The van der Waals surface area contributed by atoms with Gasteiger partial charge in [-0.2, -0.15) is 0 Å². The van der Waals surface area contributed by atoms with Crippen LogP contribution in [-0.4, -0.2) is 28.7 Å². The Labute approximate surface area is 109 Å². The molecule has 2 amide bonds. The summed E-state index contributed by atoms with van der Waals surface area (Å²) < 4.78 is 0. The van der Waals surface area contributed by atoms with E-state index in [4.69, 9.17) is 0 Å². The number of carbonyl (C=O) groups excluding carboxylic acids is 1. The average Bonchev–Trinajstić information content (AvgIpc) is 2.15. The molecule has 0 rings (SSSR count). The molecule has 0 spiro atoms. The van der Waals surface area contributed by atoms with Crippen LogP contribution >= 0.6 is 0 Å². The van der Waals surface area contributed by atoms with E-state index >= 15 is 0 Å². The number of carbonyl (C=O) groups is 2. The number of hydrogen-bond acceptors (Lipinski definition) is 2. The monoisotopic (exact) mass is 256 g/mol. The zero-order valence-corrected chi connectivity index (χ0v) is 11.8. The van der Waals surface area contributed by atoms with E-state index in [1.165, 1.54) is 0 Å². The quantitative estimate of drug-likeness (QED) is 0.637. The topological polar surface area (TPSA) is 78.4 Å². The van der Waals surface area contributed by atoms with Crippen LogP contribution in [0.25, 0.3) is 0 Å². The largest absolute Gasteiger partial charge is 0.481 e. The van der Waals surface area contributed by atoms with Crippen LogP contribution in [0.15, 0.2) is 12.7 Å². The summed E-state index contributed by atoms with van der Waals surface area (Å²) in [5.41, 5.74) is -1.93. The predicted molar refractivity (Wildman–Crippen MR) is 71.4 cm³/mol. The molecule has 0 saturated heterocycles. The molecule has 0 bridgehead atoms. The van der Waals surface area contributed by atoms with E-state index < -0.39 is 16.9 Å². The summed E-state index contributed by atoms with van der Waals surface area (Å²) in [7, 11) is 0. The summed E-state index contributed by atoms with van der Waals surface area (Å²) in [4.78, 5) is 23.0. The Morgan fingerprint density at radius 2 is 1.83 bits per heavy atom. The van der Waals surface area contributed by atoms with Crippen LogP contribution in [0.5, 0.6) is 0 Å². The Balaban J connectivity index is 4.63. The van der Waals surface area contributed by atoms with Gasteiger partial charge in [0.2, 0.25) is 0 Å². The standard InChI is InChI=1S/C13H24N2O3/c1-7-8-9(2)14-11(18)15-13(5,6)12(3,4)10(16)17/h7,9H,1,8H2,2-6H3,(H,16,17)(H2,14,15,18). The first kappa shape index (κ1) is 16.5. The number of carboxylic acids is 1. The van der Waals surface area contributed by atoms with E-state index in [0.717, 1.165) is 0 Å². The highest BCUT2D eigenvalue weighted by Gasteiger charge is 2.44. The first-order valence-electron chi connectivity index (χ1n) is 5.97. The average molecular weight is 256 g/mol. The van der Waals surface area contributed by atoms with Crippen LogP contribution in [0.1, 0.15) is 41.0 Å². The van der Waals surface area contributed by atoms with Crippen LogP contribution in [0.2, 0.25) is 0 Å². The number of nitrogens with one attached hydrogen (secondary N) is 2. The van der Waals surface area contributed by atoms with Crippen LogP contribution < -0.4 is 10.6 Å². The van der Waals surface area contributed by atoms with E-state index in [1.54, 1.807) is 33.8 Å². The van der Waals surface area contributed by atoms with Gasteiger partial charge in [0.1, 0.15) is 0 Å². The minimum absolute atomic E-state index is 0.0359. The van der Waals surface area contributed by atoms with Crippen molar-refractivity contribution in [2.24, 2.45) is 5.41 Å². The minimum atomic E-state index is -1.06. The number of amides is 2. The number of urea groups is 1. The molecule has 18 heavy (non-hydrogen) atoms. The zero-order valence-electron chi connectivity index (χ0n) is 11.8. The van der Waals surface area contributed by atoms with E-state index in [9.17, 15) is 14.7 Å². The summed E-state index contributed by atoms with van der Waals surface area (Å²) in [6.07, 6.45) is 2.38. The lowest BCUT2D eigenvalue weighted by atomic mass is 9.74. The van der Waals surface area contributed by atoms with Gasteiger partial charge in [0.15, 0.2) is 0 Å². The molecule has 5 nitrogen and oxygen atoms in total. The SMILES string of the molecule is C=CCC(C)NC(=O)NC(C)(C)C(C)(C)C(=O)O. The molecule has 1 unspecified atom stereocenters. The van der Waals surface area contributed by atoms with Crippen molar-refractivity contribution < 1.29 is 14.7 Å². The van der Waals surface area contributed by atoms with E-state index in [-0.39, 0.29) is 12.1 Å². The van der Waals surface area contributed by atoms with Gasteiger partial charge >= 0.3 is 12.0 Å². The second-order valence-electron chi connectivity index (χ2n) is 5.58. The maximum absolute atomic E-state index is 11.8. The summed E-state index contributed by atoms with van der Waals surface area (Å²) in [5, 5.41) is 14.6. The van der Waals surface area contributed by atoms with Crippen molar-refractivity contribution in [3.05, 3.63) is 12.7 Å². The Kier molecular flexibility index (Phi) is 5.39. The number of hydrogen-bond donors (Lipinski definition) is 3. The molecule has 0 aromatic heterocycles. The molecule has 0 aliphatic heterocycles. The minimum Gasteiger partial charge on any atom is -0.481 e. The summed E-state index contributed by atoms with van der Waals surface area (Å²) in [6, 6.07) is -0.407. The van der Waals surface area contributed by atoms with Crippen LogP contribution in [0.3, 0.4) is 0 Å². The maximum atomic E-state index is 11.8. The molecular formula is C13H24N2O3. The lowest BCUT2D eigenvalue weighted by Gasteiger charge is -2.38. The molecular weight excluding hydrogens is 232 g/mol. The molecule has 1 atom stereocenters. The molecule has 0 aliphatic rings. The highest BCUT2D eigenvalue weighted by atomic mass is 16.4. The van der Waals surface area contributed by atoms with Crippen molar-refractivity contribution in [3.63, 3.8) is 0 Å². The Bertz CT molecular complexity index is 335. The fourth-order valence-electron chi connectivity index (χ4n) is 1.28. The molecule has 5 heteroatoms. The van der Waals surface area contributed by atoms with Gasteiger partial charge in [0.05, 0.1) is 11.0 Å². The second kappa shape index (κ2) is 5.89. The fourth-order valence-corrected chi connectivity index (χ4v) is 1.28. The zero-order chi connectivity index (χ0) is 14.6. The molecule has 0 saturated carbocycles. The van der Waals surface area contributed by atoms with Crippen molar-refractivity contribution in [1.82, 2.24) is 10.6 Å². The maximum Gasteiger partial charge on any atom is 0.315 e. The van der Waals surface area contributed by atoms with E-state index in [1.807, 2.05) is 6.92 Å². The Hall–Kier alpha value is -1.52. The van der Waals surface area contributed by atoms with Crippen LogP contribution in [0, 0.1) is 5.41 Å². The summed E-state index contributed by atoms with van der Waals surface area (Å²) >= 11 is 0. The molecule has 104 valence electrons. The summed E-state index contributed by atoms with van der Waals surface area (Å²) in [5.74, 6) is -0.952. The van der Waals surface area contributed by atoms with Crippen molar-refractivity contribution in [3.8, 4) is 0 Å². The van der Waals surface area contributed by atoms with Gasteiger partial charge in [0.25, 0.3) is 0 Å². The number of carboxylic acid groups (broad SMARTS) is 1. The number of aliphatic carboxylic acids is 1. The highest BCUT2D eigenvalue weighted by molar-refractivity contribution is 5.79. The predicted octanol–water partition coefficient (Wildman–Crippen LogP) is 2.14. The third-order valence-corrected chi connectivity index (χ3v) is 3.42. The van der Waals surface area contributed by atoms with Gasteiger partial charge in [-0.15, -0.1) is 6.58 Å².